The number of hydrogen-bond donors (Lipinski definition) is 0. The largest absolute Gasteiger partial charge is 0.515 e. The molecular weight excluding hydrogens is 658 g/mol. The van der Waals surface area contributed by atoms with Gasteiger partial charge in [0.05, 0.1) is 0 Å². The van der Waals surface area contributed by atoms with Crippen LogP contribution in [0.3, 0.4) is 0 Å². The van der Waals surface area contributed by atoms with Crippen molar-refractivity contribution in [2.75, 3.05) is 5.75 Å². The van der Waals surface area contributed by atoms with Gasteiger partial charge in [-0.05, 0) is 29.7 Å². The lowest BCUT2D eigenvalue weighted by Gasteiger charge is -2.17. The first-order chi connectivity index (χ1) is 19.5. The molecule has 222 valence electrons. The summed E-state index contributed by atoms with van der Waals surface area (Å²) in [5.41, 5.74) is -1.84. The summed E-state index contributed by atoms with van der Waals surface area (Å²) in [6, 6.07) is 24.5. The van der Waals surface area contributed by atoms with E-state index in [0.29, 0.717) is 20.9 Å². The van der Waals surface area contributed by atoms with E-state index >= 15 is 0 Å². The van der Waals surface area contributed by atoms with Crippen molar-refractivity contribution in [3.8, 4) is 0 Å². The summed E-state index contributed by atoms with van der Waals surface area (Å²) in [5, 5.41) is 0. The summed E-state index contributed by atoms with van der Waals surface area (Å²) in [6.45, 7) is -6.30. The molecule has 0 bridgehead atoms. The molecule has 0 aliphatic rings. The van der Waals surface area contributed by atoms with Crippen LogP contribution in [0.2, 0.25) is 0 Å². The molecule has 0 aromatic heterocycles. The predicted octanol–water partition coefficient (Wildman–Crippen LogP) is 8.75. The summed E-state index contributed by atoms with van der Waals surface area (Å²) in [4.78, 5) is 14.1. The van der Waals surface area contributed by atoms with Crippen LogP contribution in [0.4, 0.5) is 34.9 Å². The first-order valence-corrected chi connectivity index (χ1v) is 14.4. The van der Waals surface area contributed by atoms with Gasteiger partial charge in [0.15, 0.2) is 42.9 Å². The zero-order chi connectivity index (χ0) is 31.5. The zero-order valence-corrected chi connectivity index (χ0v) is 23.8. The first-order valence-electron chi connectivity index (χ1n) is 11.5. The van der Waals surface area contributed by atoms with E-state index in [1.165, 1.54) is 0 Å². The molecule has 0 atom stereocenters. The lowest BCUT2D eigenvalue weighted by molar-refractivity contribution is 0.102. The van der Waals surface area contributed by atoms with Crippen molar-refractivity contribution in [3.63, 3.8) is 0 Å². The molecule has 0 saturated heterocycles. The van der Waals surface area contributed by atoms with Gasteiger partial charge in [-0.15, -0.1) is 0 Å². The molecule has 0 heterocycles. The summed E-state index contributed by atoms with van der Waals surface area (Å²) in [5.74, 6) is -13.9. The van der Waals surface area contributed by atoms with E-state index in [2.05, 4.69) is 0 Å². The molecule has 2 nitrogen and oxygen atoms in total. The molecule has 0 unspecified atom stereocenters. The Balaban J connectivity index is 0.000000274. The van der Waals surface area contributed by atoms with Crippen LogP contribution in [0.25, 0.3) is 0 Å². The smallest absolute Gasteiger partial charge is 0.445 e. The van der Waals surface area contributed by atoms with Crippen molar-refractivity contribution in [1.82, 2.24) is 0 Å². The zero-order valence-electron chi connectivity index (χ0n) is 20.7. The van der Waals surface area contributed by atoms with Crippen LogP contribution < -0.4 is 5.46 Å². The quantitative estimate of drug-likeness (QED) is 0.0390. The van der Waals surface area contributed by atoms with Gasteiger partial charge in [0.25, 0.3) is 0 Å². The van der Waals surface area contributed by atoms with E-state index in [1.807, 2.05) is 36.4 Å². The van der Waals surface area contributed by atoms with Gasteiger partial charge in [-0.25, -0.2) is 22.0 Å². The molecule has 4 aromatic carbocycles. The Labute approximate surface area is 250 Å². The molecule has 4 aromatic rings. The van der Waals surface area contributed by atoms with Crippen molar-refractivity contribution in [3.05, 3.63) is 125 Å². The van der Waals surface area contributed by atoms with Crippen LogP contribution in [0.1, 0.15) is 15.9 Å². The summed E-state index contributed by atoms with van der Waals surface area (Å²) >= 11 is 17.6. The highest BCUT2D eigenvalue weighted by molar-refractivity contribution is 8.03. The van der Waals surface area contributed by atoms with Gasteiger partial charge in [-0.3, -0.25) is 4.79 Å². The minimum atomic E-state index is -6.30. The summed E-state index contributed by atoms with van der Waals surface area (Å²) < 4.78 is 110. The molecule has 0 amide bonds. The number of alkyl halides is 3. The monoisotopic (exact) mass is 672 g/mol. The van der Waals surface area contributed by atoms with Gasteiger partial charge in [-0.1, -0.05) is 99.7 Å². The number of carbonyl (C=O) groups is 1. The fourth-order valence-electron chi connectivity index (χ4n) is 3.61. The normalized spacial score (nSPS) is 12.0. The third-order valence-electron chi connectivity index (χ3n) is 5.69. The van der Waals surface area contributed by atoms with Gasteiger partial charge in [-0.2, -0.15) is 0 Å². The fourth-order valence-corrected chi connectivity index (χ4v) is 6.32. The Morgan fingerprint density at radius 3 is 1.38 bits per heavy atom. The highest BCUT2D eigenvalue weighted by Crippen LogP contribution is 2.38. The Hall–Kier alpha value is -2.93. The predicted molar refractivity (Wildman–Crippen MR) is 147 cm³/mol. The molecule has 4 rings (SSSR count). The standard InChI is InChI=1S/C21H16Cl3O2S.C6BF8/c22-21(23,24)17-13-11-16(12-14-17)20(25)15-27(26,18-7-3-1-4-8-18)19-9-5-2-6-10-19;8-2-1(7(13,14)15)3(9)5(11)6(12)4(2)10/h1-14H,15H2;/q+1;-1. The molecule has 0 N–H and O–H groups in total. The number of rotatable bonds is 6. The van der Waals surface area contributed by atoms with Crippen molar-refractivity contribution < 1.29 is 43.9 Å². The van der Waals surface area contributed by atoms with Crippen LogP contribution >= 0.6 is 34.8 Å². The van der Waals surface area contributed by atoms with Gasteiger partial charge in [0.2, 0.25) is 9.58 Å². The number of carbonyl (C=O) groups excluding carboxylic acids is 1. The third-order valence-corrected chi connectivity index (χ3v) is 9.08. The molecule has 0 radical (unpaired) electrons. The minimum Gasteiger partial charge on any atom is -0.445 e. The maximum atomic E-state index is 13.9. The van der Waals surface area contributed by atoms with E-state index in [1.54, 1.807) is 48.5 Å². The van der Waals surface area contributed by atoms with Crippen LogP contribution in [0, 0.1) is 29.1 Å². The Morgan fingerprint density at radius 1 is 0.643 bits per heavy atom. The molecule has 0 spiro atoms. The van der Waals surface area contributed by atoms with E-state index in [-0.39, 0.29) is 11.5 Å². The second kappa shape index (κ2) is 13.2. The number of Topliss-reactive ketones (excluding diaryl/α,β-unsaturated/α-hetero) is 1. The van der Waals surface area contributed by atoms with E-state index in [4.69, 9.17) is 34.8 Å². The Bertz CT molecular complexity index is 1540. The number of ketones is 1. The number of hydrogen-bond acceptors (Lipinski definition) is 2. The topological polar surface area (TPSA) is 34.1 Å². The number of halogens is 11. The van der Waals surface area contributed by atoms with Gasteiger partial charge in [0.1, 0.15) is 11.6 Å². The Kier molecular flexibility index (Phi) is 10.5. The molecule has 15 heteroatoms. The fraction of sp³-hybridized carbons (Fsp3) is 0.0741. The van der Waals surface area contributed by atoms with Crippen LogP contribution in [-0.2, 0) is 17.9 Å². The van der Waals surface area contributed by atoms with E-state index in [0.717, 1.165) is 0 Å². The SMILES string of the molecule is Fc1c(F)c(F)c([B-](F)(F)F)c(F)c1F.O=C(C[S+](=O)(c1ccccc1)c1ccccc1)c1ccc(C(Cl)(Cl)Cl)cc1. The molecule has 42 heavy (non-hydrogen) atoms. The number of benzene rings is 4. The van der Waals surface area contributed by atoms with Gasteiger partial charge >= 0.3 is 6.98 Å². The Morgan fingerprint density at radius 2 is 1.02 bits per heavy atom. The van der Waals surface area contributed by atoms with Crippen LogP contribution in [0.5, 0.6) is 0 Å². The summed E-state index contributed by atoms with van der Waals surface area (Å²) in [7, 11) is -2.76. The second-order valence-corrected chi connectivity index (χ2v) is 13.4. The maximum absolute atomic E-state index is 13.9. The maximum Gasteiger partial charge on any atom is 0.515 e. The highest BCUT2D eigenvalue weighted by Gasteiger charge is 2.39. The average molecular weight is 674 g/mol. The van der Waals surface area contributed by atoms with Crippen LogP contribution in [-0.4, -0.2) is 18.5 Å². The third kappa shape index (κ3) is 7.52. The lowest BCUT2D eigenvalue weighted by atomic mass is 9.79. The molecular formula is C27H16BCl3F8O2S. The average Bonchev–Trinajstić information content (AvgIpc) is 2.95. The first kappa shape index (κ1) is 33.6. The van der Waals surface area contributed by atoms with Crippen molar-refractivity contribution >= 4 is 63.0 Å². The lowest BCUT2D eigenvalue weighted by Crippen LogP contribution is -2.41. The molecule has 0 aliphatic heterocycles. The van der Waals surface area contributed by atoms with Crippen molar-refractivity contribution in [1.29, 1.82) is 0 Å². The van der Waals surface area contributed by atoms with Crippen LogP contribution in [0.15, 0.2) is 94.7 Å². The van der Waals surface area contributed by atoms with Gasteiger partial charge < -0.3 is 12.9 Å². The minimum absolute atomic E-state index is 0.131. The molecule has 0 fully saturated rings. The highest BCUT2D eigenvalue weighted by atomic mass is 35.6. The molecule has 0 aliphatic carbocycles. The molecule has 0 saturated carbocycles. The second-order valence-electron chi connectivity index (χ2n) is 8.50. The van der Waals surface area contributed by atoms with E-state index < -0.39 is 55.3 Å². The van der Waals surface area contributed by atoms with Crippen molar-refractivity contribution in [2.24, 2.45) is 0 Å². The van der Waals surface area contributed by atoms with Crippen molar-refractivity contribution in [2.45, 2.75) is 13.6 Å². The summed E-state index contributed by atoms with van der Waals surface area (Å²) in [6.07, 6.45) is 0. The van der Waals surface area contributed by atoms with Gasteiger partial charge in [0, 0.05) is 11.1 Å². The van der Waals surface area contributed by atoms with E-state index in [9.17, 15) is 43.9 Å².